The van der Waals surface area contributed by atoms with E-state index in [-0.39, 0.29) is 18.4 Å². The van der Waals surface area contributed by atoms with E-state index in [4.69, 9.17) is 4.74 Å². The van der Waals surface area contributed by atoms with Gasteiger partial charge in [-0.25, -0.2) is 4.98 Å². The molecule has 0 atom stereocenters. The van der Waals surface area contributed by atoms with E-state index in [2.05, 4.69) is 10.3 Å². The molecule has 150 valence electrons. The van der Waals surface area contributed by atoms with Crippen molar-refractivity contribution in [3.63, 3.8) is 0 Å². The van der Waals surface area contributed by atoms with Crippen molar-refractivity contribution < 1.29 is 14.3 Å². The first-order valence-electron chi connectivity index (χ1n) is 9.29. The molecule has 0 aliphatic carbocycles. The standard InChI is InChI=1S/C22H23N3O3S/c1-4-28-18-12-10-16(11-13-18)21-23-15(2)20(29-21)22(27)25(3)14-19(26)24-17-8-6-5-7-9-17/h5-13H,4,14H2,1-3H3,(H,24,26). The van der Waals surface area contributed by atoms with Gasteiger partial charge in [0.2, 0.25) is 5.91 Å². The predicted octanol–water partition coefficient (Wildman–Crippen LogP) is 4.23. The van der Waals surface area contributed by atoms with Crippen molar-refractivity contribution in [2.24, 2.45) is 0 Å². The van der Waals surface area contributed by atoms with Crippen molar-refractivity contribution >= 4 is 28.8 Å². The number of carbonyl (C=O) groups is 2. The summed E-state index contributed by atoms with van der Waals surface area (Å²) in [5, 5.41) is 3.54. The van der Waals surface area contributed by atoms with Crippen LogP contribution in [-0.4, -0.2) is 41.9 Å². The van der Waals surface area contributed by atoms with Crippen LogP contribution >= 0.6 is 11.3 Å². The molecule has 0 saturated carbocycles. The number of anilines is 1. The van der Waals surface area contributed by atoms with Crippen molar-refractivity contribution in [3.8, 4) is 16.3 Å². The SMILES string of the molecule is CCOc1ccc(-c2nc(C)c(C(=O)N(C)CC(=O)Nc3ccccc3)s2)cc1. The number of para-hydroxylation sites is 1. The molecule has 0 aliphatic heterocycles. The zero-order valence-corrected chi connectivity index (χ0v) is 17.5. The van der Waals surface area contributed by atoms with Gasteiger partial charge in [0.05, 0.1) is 18.8 Å². The van der Waals surface area contributed by atoms with Gasteiger partial charge in [-0.15, -0.1) is 11.3 Å². The summed E-state index contributed by atoms with van der Waals surface area (Å²) in [5.41, 5.74) is 2.27. The van der Waals surface area contributed by atoms with Gasteiger partial charge in [-0.3, -0.25) is 9.59 Å². The first-order valence-corrected chi connectivity index (χ1v) is 10.1. The third-order valence-corrected chi connectivity index (χ3v) is 5.38. The number of aromatic nitrogens is 1. The molecule has 1 heterocycles. The molecule has 0 fully saturated rings. The summed E-state index contributed by atoms with van der Waals surface area (Å²) >= 11 is 1.32. The largest absolute Gasteiger partial charge is 0.494 e. The molecule has 0 unspecified atom stereocenters. The minimum absolute atomic E-state index is 0.0382. The van der Waals surface area contributed by atoms with Gasteiger partial charge in [-0.1, -0.05) is 18.2 Å². The van der Waals surface area contributed by atoms with Gasteiger partial charge in [0, 0.05) is 18.3 Å². The highest BCUT2D eigenvalue weighted by Crippen LogP contribution is 2.30. The molecular formula is C22H23N3O3S. The van der Waals surface area contributed by atoms with Crippen LogP contribution in [0.2, 0.25) is 0 Å². The highest BCUT2D eigenvalue weighted by Gasteiger charge is 2.21. The number of hydrogen-bond donors (Lipinski definition) is 1. The molecule has 29 heavy (non-hydrogen) atoms. The van der Waals surface area contributed by atoms with E-state index in [9.17, 15) is 9.59 Å². The highest BCUT2D eigenvalue weighted by molar-refractivity contribution is 7.17. The fraction of sp³-hybridized carbons (Fsp3) is 0.227. The summed E-state index contributed by atoms with van der Waals surface area (Å²) in [4.78, 5) is 31.5. The van der Waals surface area contributed by atoms with Crippen LogP contribution in [0.25, 0.3) is 10.6 Å². The van der Waals surface area contributed by atoms with Crippen LogP contribution in [0.5, 0.6) is 5.75 Å². The van der Waals surface area contributed by atoms with Gasteiger partial charge in [-0.2, -0.15) is 0 Å². The van der Waals surface area contributed by atoms with Crippen LogP contribution < -0.4 is 10.1 Å². The summed E-state index contributed by atoms with van der Waals surface area (Å²) in [7, 11) is 1.61. The first kappa shape index (κ1) is 20.5. The number of aryl methyl sites for hydroxylation is 1. The summed E-state index contributed by atoms with van der Waals surface area (Å²) in [6.45, 7) is 4.31. The topological polar surface area (TPSA) is 71.5 Å². The van der Waals surface area contributed by atoms with E-state index < -0.39 is 0 Å². The Morgan fingerprint density at radius 3 is 2.45 bits per heavy atom. The lowest BCUT2D eigenvalue weighted by atomic mass is 10.2. The van der Waals surface area contributed by atoms with Crippen molar-refractivity contribution in [1.82, 2.24) is 9.88 Å². The monoisotopic (exact) mass is 409 g/mol. The molecule has 3 aromatic rings. The Bertz CT molecular complexity index is 984. The lowest BCUT2D eigenvalue weighted by Gasteiger charge is -2.16. The molecule has 0 bridgehead atoms. The maximum Gasteiger partial charge on any atom is 0.266 e. The van der Waals surface area contributed by atoms with E-state index in [0.717, 1.165) is 16.3 Å². The molecular weight excluding hydrogens is 386 g/mol. The number of hydrogen-bond acceptors (Lipinski definition) is 5. The number of likely N-dealkylation sites (N-methyl/N-ethyl adjacent to an activating group) is 1. The molecule has 0 saturated heterocycles. The number of thiazole rings is 1. The lowest BCUT2D eigenvalue weighted by Crippen LogP contribution is -2.34. The molecule has 1 aromatic heterocycles. The average Bonchev–Trinajstić information content (AvgIpc) is 3.10. The Morgan fingerprint density at radius 2 is 1.79 bits per heavy atom. The van der Waals surface area contributed by atoms with Gasteiger partial charge in [-0.05, 0) is 50.2 Å². The highest BCUT2D eigenvalue weighted by atomic mass is 32.1. The molecule has 2 aromatic carbocycles. The first-order chi connectivity index (χ1) is 14.0. The van der Waals surface area contributed by atoms with Crippen molar-refractivity contribution in [3.05, 3.63) is 65.2 Å². The van der Waals surface area contributed by atoms with E-state index in [0.29, 0.717) is 22.9 Å². The number of nitrogens with one attached hydrogen (secondary N) is 1. The van der Waals surface area contributed by atoms with E-state index in [1.807, 2.05) is 49.4 Å². The molecule has 2 amide bonds. The van der Waals surface area contributed by atoms with Crippen molar-refractivity contribution in [1.29, 1.82) is 0 Å². The van der Waals surface area contributed by atoms with Crippen LogP contribution in [0.4, 0.5) is 5.69 Å². The summed E-state index contributed by atoms with van der Waals surface area (Å²) in [5.74, 6) is 0.325. The predicted molar refractivity (Wildman–Crippen MR) is 115 cm³/mol. The van der Waals surface area contributed by atoms with Gasteiger partial charge < -0.3 is 15.0 Å². The van der Waals surface area contributed by atoms with E-state index in [1.165, 1.54) is 16.2 Å². The van der Waals surface area contributed by atoms with Gasteiger partial charge >= 0.3 is 0 Å². The lowest BCUT2D eigenvalue weighted by molar-refractivity contribution is -0.116. The van der Waals surface area contributed by atoms with E-state index >= 15 is 0 Å². The molecule has 7 heteroatoms. The molecule has 6 nitrogen and oxygen atoms in total. The molecule has 0 aliphatic rings. The van der Waals surface area contributed by atoms with Gasteiger partial charge in [0.15, 0.2) is 0 Å². The molecule has 0 radical (unpaired) electrons. The normalized spacial score (nSPS) is 10.4. The Balaban J connectivity index is 1.68. The van der Waals surface area contributed by atoms with Gasteiger partial charge in [0.1, 0.15) is 15.6 Å². The number of rotatable bonds is 7. The molecule has 3 rings (SSSR count). The van der Waals surface area contributed by atoms with Crippen LogP contribution in [0.3, 0.4) is 0 Å². The second kappa shape index (κ2) is 9.34. The summed E-state index contributed by atoms with van der Waals surface area (Å²) in [6.07, 6.45) is 0. The molecule has 0 spiro atoms. The fourth-order valence-corrected chi connectivity index (χ4v) is 3.83. The number of nitrogens with zero attached hydrogens (tertiary/aromatic N) is 2. The summed E-state index contributed by atoms with van der Waals surface area (Å²) < 4.78 is 5.46. The van der Waals surface area contributed by atoms with Crippen LogP contribution in [0.1, 0.15) is 22.3 Å². The van der Waals surface area contributed by atoms with Crippen LogP contribution in [-0.2, 0) is 4.79 Å². The third kappa shape index (κ3) is 5.20. The average molecular weight is 410 g/mol. The second-order valence-corrected chi connectivity index (χ2v) is 7.47. The van der Waals surface area contributed by atoms with Crippen LogP contribution in [0.15, 0.2) is 54.6 Å². The Kier molecular flexibility index (Phi) is 6.61. The van der Waals surface area contributed by atoms with E-state index in [1.54, 1.807) is 26.1 Å². The number of benzene rings is 2. The smallest absolute Gasteiger partial charge is 0.266 e. The fourth-order valence-electron chi connectivity index (χ4n) is 2.76. The quantitative estimate of drug-likeness (QED) is 0.634. The number of amides is 2. The summed E-state index contributed by atoms with van der Waals surface area (Å²) in [6, 6.07) is 16.8. The zero-order chi connectivity index (χ0) is 20.8. The Labute approximate surface area is 174 Å². The maximum absolute atomic E-state index is 12.8. The number of ether oxygens (including phenoxy) is 1. The second-order valence-electron chi connectivity index (χ2n) is 6.47. The molecule has 1 N–H and O–H groups in total. The van der Waals surface area contributed by atoms with Crippen LogP contribution in [0, 0.1) is 6.92 Å². The minimum atomic E-state index is -0.249. The number of carbonyl (C=O) groups excluding carboxylic acids is 2. The Morgan fingerprint density at radius 1 is 1.10 bits per heavy atom. The Hall–Kier alpha value is -3.19. The van der Waals surface area contributed by atoms with Crippen molar-refractivity contribution in [2.75, 3.05) is 25.5 Å². The zero-order valence-electron chi connectivity index (χ0n) is 16.6. The van der Waals surface area contributed by atoms with Crippen molar-refractivity contribution in [2.45, 2.75) is 13.8 Å². The van der Waals surface area contributed by atoms with Gasteiger partial charge in [0.25, 0.3) is 5.91 Å². The minimum Gasteiger partial charge on any atom is -0.494 e. The third-order valence-electron chi connectivity index (χ3n) is 4.19. The maximum atomic E-state index is 12.8.